The fourth-order valence-electron chi connectivity index (χ4n) is 1.98. The minimum Gasteiger partial charge on any atom is -0.464 e. The van der Waals surface area contributed by atoms with Crippen LogP contribution >= 0.6 is 0 Å². The van der Waals surface area contributed by atoms with Crippen LogP contribution < -0.4 is 5.32 Å². The van der Waals surface area contributed by atoms with Crippen LogP contribution in [0.4, 0.5) is 11.4 Å². The lowest BCUT2D eigenvalue weighted by Crippen LogP contribution is -2.03. The maximum absolute atomic E-state index is 11.1. The van der Waals surface area contributed by atoms with Crippen molar-refractivity contribution in [2.45, 2.75) is 33.7 Å². The molecule has 5 heteroatoms. The Morgan fingerprint density at radius 2 is 1.85 bits per heavy atom. The van der Waals surface area contributed by atoms with Crippen LogP contribution in [-0.2, 0) is 13.0 Å². The molecule has 0 unspecified atom stereocenters. The second-order valence-electron chi connectivity index (χ2n) is 4.79. The Hall–Kier alpha value is -2.30. The van der Waals surface area contributed by atoms with Gasteiger partial charge in [-0.15, -0.1) is 0 Å². The molecule has 0 spiro atoms. The van der Waals surface area contributed by atoms with Crippen molar-refractivity contribution in [1.29, 1.82) is 0 Å². The zero-order chi connectivity index (χ0) is 14.7. The highest BCUT2D eigenvalue weighted by Gasteiger charge is 2.15. The van der Waals surface area contributed by atoms with Crippen molar-refractivity contribution < 1.29 is 9.34 Å². The molecule has 106 valence electrons. The van der Waals surface area contributed by atoms with Crippen molar-refractivity contribution >= 4 is 11.4 Å². The van der Waals surface area contributed by atoms with Gasteiger partial charge >= 0.3 is 0 Å². The molecule has 0 aliphatic carbocycles. The topological polar surface area (TPSA) is 68.3 Å². The van der Waals surface area contributed by atoms with E-state index in [4.69, 9.17) is 4.42 Å². The number of nitrogens with zero attached hydrogens (tertiary/aromatic N) is 1. The Morgan fingerprint density at radius 1 is 1.20 bits per heavy atom. The summed E-state index contributed by atoms with van der Waals surface area (Å²) in [5.74, 6) is 1.69. The molecular weight excluding hydrogens is 256 g/mol. The average molecular weight is 274 g/mol. The number of nitro benzene ring substituents is 1. The van der Waals surface area contributed by atoms with Crippen LogP contribution in [0.5, 0.6) is 0 Å². The van der Waals surface area contributed by atoms with Gasteiger partial charge in [-0.1, -0.05) is 6.92 Å². The number of aryl methyl sites for hydroxylation is 3. The summed E-state index contributed by atoms with van der Waals surface area (Å²) in [6, 6.07) is 7.21. The van der Waals surface area contributed by atoms with E-state index in [2.05, 4.69) is 5.32 Å². The van der Waals surface area contributed by atoms with Crippen LogP contribution in [0.15, 0.2) is 28.7 Å². The molecule has 0 aliphatic rings. The van der Waals surface area contributed by atoms with E-state index in [9.17, 15) is 10.1 Å². The summed E-state index contributed by atoms with van der Waals surface area (Å²) in [4.78, 5) is 10.7. The maximum atomic E-state index is 11.1. The number of hydrogen-bond acceptors (Lipinski definition) is 4. The van der Waals surface area contributed by atoms with Crippen molar-refractivity contribution in [2.75, 3.05) is 5.32 Å². The molecule has 1 aromatic carbocycles. The summed E-state index contributed by atoms with van der Waals surface area (Å²) >= 11 is 0. The second-order valence-corrected chi connectivity index (χ2v) is 4.79. The quantitative estimate of drug-likeness (QED) is 0.661. The largest absolute Gasteiger partial charge is 0.464 e. The monoisotopic (exact) mass is 274 g/mol. The number of hydrogen-bond donors (Lipinski definition) is 1. The first-order valence-electron chi connectivity index (χ1n) is 6.58. The highest BCUT2D eigenvalue weighted by atomic mass is 16.6. The van der Waals surface area contributed by atoms with Crippen molar-refractivity contribution in [2.24, 2.45) is 0 Å². The predicted molar refractivity (Wildman–Crippen MR) is 78.0 cm³/mol. The lowest BCUT2D eigenvalue weighted by Gasteiger charge is -2.08. The Bertz CT molecular complexity index is 632. The van der Waals surface area contributed by atoms with E-state index in [1.165, 1.54) is 0 Å². The van der Waals surface area contributed by atoms with E-state index in [0.717, 1.165) is 29.1 Å². The number of furan rings is 1. The van der Waals surface area contributed by atoms with Gasteiger partial charge in [0.05, 0.1) is 11.5 Å². The third kappa shape index (κ3) is 2.99. The lowest BCUT2D eigenvalue weighted by atomic mass is 10.1. The fraction of sp³-hybridized carbons (Fsp3) is 0.333. The van der Waals surface area contributed by atoms with Crippen LogP contribution in [0.1, 0.15) is 29.6 Å². The number of nitro groups is 1. The first-order chi connectivity index (χ1) is 9.51. The number of rotatable bonds is 5. The Balaban J connectivity index is 2.20. The normalized spacial score (nSPS) is 10.6. The maximum Gasteiger partial charge on any atom is 0.292 e. The van der Waals surface area contributed by atoms with E-state index in [1.807, 2.05) is 32.9 Å². The summed E-state index contributed by atoms with van der Waals surface area (Å²) < 4.78 is 5.58. The van der Waals surface area contributed by atoms with Gasteiger partial charge in [0.1, 0.15) is 17.2 Å². The van der Waals surface area contributed by atoms with Gasteiger partial charge in [-0.2, -0.15) is 0 Å². The standard InChI is InChI=1S/C15H18N2O3/c1-4-12-5-6-13(20-12)9-16-14-7-10(2)11(3)8-15(14)17(18)19/h5-8,16H,4,9H2,1-3H3. The molecule has 0 aliphatic heterocycles. The Labute approximate surface area is 117 Å². The van der Waals surface area contributed by atoms with E-state index in [0.29, 0.717) is 12.2 Å². The fourth-order valence-corrected chi connectivity index (χ4v) is 1.98. The van der Waals surface area contributed by atoms with Gasteiger partial charge in [-0.05, 0) is 43.2 Å². The molecule has 0 atom stereocenters. The summed E-state index contributed by atoms with van der Waals surface area (Å²) in [6.45, 7) is 6.26. The summed E-state index contributed by atoms with van der Waals surface area (Å²) in [5.41, 5.74) is 2.54. The summed E-state index contributed by atoms with van der Waals surface area (Å²) in [6.07, 6.45) is 0.837. The molecule has 0 saturated carbocycles. The molecule has 20 heavy (non-hydrogen) atoms. The SMILES string of the molecule is CCc1ccc(CNc2cc(C)c(C)cc2[N+](=O)[O-])o1. The van der Waals surface area contributed by atoms with Crippen molar-refractivity contribution in [3.8, 4) is 0 Å². The first kappa shape index (κ1) is 14.1. The van der Waals surface area contributed by atoms with E-state index in [1.54, 1.807) is 12.1 Å². The van der Waals surface area contributed by atoms with Gasteiger partial charge in [-0.3, -0.25) is 10.1 Å². The lowest BCUT2D eigenvalue weighted by molar-refractivity contribution is -0.384. The molecule has 1 N–H and O–H groups in total. The highest BCUT2D eigenvalue weighted by molar-refractivity contribution is 5.64. The highest BCUT2D eigenvalue weighted by Crippen LogP contribution is 2.28. The molecule has 0 fully saturated rings. The Kier molecular flexibility index (Phi) is 4.08. The molecule has 0 amide bonds. The number of benzene rings is 1. The molecule has 1 heterocycles. The van der Waals surface area contributed by atoms with Crippen LogP contribution in [0.25, 0.3) is 0 Å². The van der Waals surface area contributed by atoms with Crippen LogP contribution in [-0.4, -0.2) is 4.92 Å². The summed E-state index contributed by atoms with van der Waals surface area (Å²) in [7, 11) is 0. The van der Waals surface area contributed by atoms with E-state index in [-0.39, 0.29) is 10.6 Å². The van der Waals surface area contributed by atoms with Gasteiger partial charge in [0.2, 0.25) is 0 Å². The Morgan fingerprint density at radius 3 is 2.45 bits per heavy atom. The third-order valence-electron chi connectivity index (χ3n) is 3.33. The minimum absolute atomic E-state index is 0.0929. The van der Waals surface area contributed by atoms with Crippen LogP contribution in [0.2, 0.25) is 0 Å². The molecule has 0 saturated heterocycles. The van der Waals surface area contributed by atoms with Gasteiger partial charge in [-0.25, -0.2) is 0 Å². The van der Waals surface area contributed by atoms with Crippen molar-refractivity contribution in [3.63, 3.8) is 0 Å². The van der Waals surface area contributed by atoms with E-state index >= 15 is 0 Å². The van der Waals surface area contributed by atoms with Crippen LogP contribution in [0, 0.1) is 24.0 Å². The molecule has 1 aromatic heterocycles. The number of nitrogens with one attached hydrogen (secondary N) is 1. The first-order valence-corrected chi connectivity index (χ1v) is 6.58. The molecule has 2 aromatic rings. The second kappa shape index (κ2) is 5.77. The van der Waals surface area contributed by atoms with Gasteiger partial charge in [0, 0.05) is 12.5 Å². The smallest absolute Gasteiger partial charge is 0.292 e. The summed E-state index contributed by atoms with van der Waals surface area (Å²) in [5, 5.41) is 14.2. The molecule has 0 bridgehead atoms. The molecule has 0 radical (unpaired) electrons. The molecule has 2 rings (SSSR count). The van der Waals surface area contributed by atoms with Crippen molar-refractivity contribution in [3.05, 3.63) is 57.0 Å². The van der Waals surface area contributed by atoms with Gasteiger partial charge in [0.15, 0.2) is 0 Å². The molecule has 5 nitrogen and oxygen atoms in total. The zero-order valence-electron chi connectivity index (χ0n) is 11.9. The zero-order valence-corrected chi connectivity index (χ0v) is 11.9. The van der Waals surface area contributed by atoms with Gasteiger partial charge < -0.3 is 9.73 Å². The van der Waals surface area contributed by atoms with Crippen LogP contribution in [0.3, 0.4) is 0 Å². The van der Waals surface area contributed by atoms with Gasteiger partial charge in [0.25, 0.3) is 5.69 Å². The minimum atomic E-state index is -0.367. The predicted octanol–water partition coefficient (Wildman–Crippen LogP) is 3.98. The average Bonchev–Trinajstić information content (AvgIpc) is 2.87. The van der Waals surface area contributed by atoms with E-state index < -0.39 is 0 Å². The third-order valence-corrected chi connectivity index (χ3v) is 3.33. The van der Waals surface area contributed by atoms with Crippen molar-refractivity contribution in [1.82, 2.24) is 0 Å². The number of anilines is 1. The molecular formula is C15H18N2O3.